The summed E-state index contributed by atoms with van der Waals surface area (Å²) in [5.74, 6) is 1.04. The van der Waals surface area contributed by atoms with Crippen LogP contribution in [0, 0.1) is 16.7 Å². The van der Waals surface area contributed by atoms with Crippen molar-refractivity contribution < 1.29 is 4.79 Å². The van der Waals surface area contributed by atoms with E-state index in [1.54, 1.807) is 10.7 Å². The zero-order valence-electron chi connectivity index (χ0n) is 24.8. The molecule has 1 aliphatic heterocycles. The highest BCUT2D eigenvalue weighted by molar-refractivity contribution is 5.84. The number of pyridine rings is 1. The molecule has 2 fully saturated rings. The molecule has 1 N–H and O–H groups in total. The Hall–Kier alpha value is -4.26. The molecular weight excluding hydrogens is 526 g/mol. The second-order valence-corrected chi connectivity index (χ2v) is 12.1. The van der Waals surface area contributed by atoms with Gasteiger partial charge in [-0.15, -0.1) is 0 Å². The van der Waals surface area contributed by atoms with E-state index < -0.39 is 0 Å². The highest BCUT2D eigenvalue weighted by Gasteiger charge is 2.40. The molecule has 1 aliphatic carbocycles. The van der Waals surface area contributed by atoms with Crippen LogP contribution in [0.2, 0.25) is 0 Å². The zero-order chi connectivity index (χ0) is 29.3. The second-order valence-electron chi connectivity index (χ2n) is 12.1. The van der Waals surface area contributed by atoms with Gasteiger partial charge in [-0.25, -0.2) is 14.5 Å². The number of rotatable bonds is 7. The van der Waals surface area contributed by atoms with Crippen molar-refractivity contribution >= 4 is 17.2 Å². The van der Waals surface area contributed by atoms with Crippen LogP contribution < -0.4 is 10.2 Å². The third-order valence-corrected chi connectivity index (χ3v) is 9.11. The van der Waals surface area contributed by atoms with Crippen molar-refractivity contribution in [1.82, 2.24) is 34.7 Å². The quantitative estimate of drug-likeness (QED) is 0.312. The molecule has 0 spiro atoms. The zero-order valence-corrected chi connectivity index (χ0v) is 24.8. The van der Waals surface area contributed by atoms with Gasteiger partial charge in [0.25, 0.3) is 0 Å². The Labute approximate surface area is 246 Å². The predicted molar refractivity (Wildman–Crippen MR) is 162 cm³/mol. The van der Waals surface area contributed by atoms with Gasteiger partial charge in [0.2, 0.25) is 5.91 Å². The predicted octanol–water partition coefficient (Wildman–Crippen LogP) is 5.55. The van der Waals surface area contributed by atoms with Crippen molar-refractivity contribution in [2.75, 3.05) is 18.0 Å². The largest absolute Gasteiger partial charge is 0.357 e. The molecule has 1 saturated heterocycles. The van der Waals surface area contributed by atoms with E-state index in [1.807, 2.05) is 44.6 Å². The van der Waals surface area contributed by atoms with E-state index in [9.17, 15) is 10.1 Å². The van der Waals surface area contributed by atoms with Crippen LogP contribution in [0.3, 0.4) is 0 Å². The molecule has 0 radical (unpaired) electrons. The van der Waals surface area contributed by atoms with Gasteiger partial charge in [-0.05, 0) is 58.1 Å². The normalized spacial score (nSPS) is 17.5. The maximum atomic E-state index is 13.0. The van der Waals surface area contributed by atoms with Crippen LogP contribution in [0.15, 0.2) is 43.1 Å². The van der Waals surface area contributed by atoms with Crippen LogP contribution in [-0.4, -0.2) is 54.4 Å². The first-order valence-corrected chi connectivity index (χ1v) is 15.3. The van der Waals surface area contributed by atoms with Crippen molar-refractivity contribution in [1.29, 1.82) is 5.26 Å². The summed E-state index contributed by atoms with van der Waals surface area (Å²) in [5, 5.41) is 22.1. The minimum atomic E-state index is -0.322. The van der Waals surface area contributed by atoms with E-state index in [4.69, 9.17) is 9.97 Å². The number of hydrogen-bond donors (Lipinski definition) is 1. The van der Waals surface area contributed by atoms with Crippen LogP contribution in [-0.2, 0) is 4.79 Å². The number of nitrogens with zero attached hydrogens (tertiary/aromatic N) is 8. The topological polar surface area (TPSA) is 117 Å². The van der Waals surface area contributed by atoms with E-state index in [1.165, 1.54) is 19.3 Å². The Morgan fingerprint density at radius 1 is 1.07 bits per heavy atom. The second kappa shape index (κ2) is 11.6. The fraction of sp³-hybridized carbons (Fsp3) is 0.500. The number of carbonyl (C=O) groups excluding carboxylic acids is 1. The lowest BCUT2D eigenvalue weighted by atomic mass is 9.75. The summed E-state index contributed by atoms with van der Waals surface area (Å²) in [7, 11) is 0. The Morgan fingerprint density at radius 2 is 1.86 bits per heavy atom. The fourth-order valence-electron chi connectivity index (χ4n) is 6.49. The molecule has 4 aromatic rings. The third-order valence-electron chi connectivity index (χ3n) is 9.11. The summed E-state index contributed by atoms with van der Waals surface area (Å²) >= 11 is 0. The van der Waals surface area contributed by atoms with Crippen LogP contribution in [0.5, 0.6) is 0 Å². The Bertz CT molecular complexity index is 1600. The maximum Gasteiger partial charge on any atom is 0.226 e. The van der Waals surface area contributed by atoms with E-state index in [-0.39, 0.29) is 17.4 Å². The summed E-state index contributed by atoms with van der Waals surface area (Å²) in [5.41, 5.74) is 3.98. The lowest BCUT2D eigenvalue weighted by molar-refractivity contribution is -0.133. The number of aromatic nitrogens is 6. The van der Waals surface area contributed by atoms with Gasteiger partial charge in [-0.3, -0.25) is 9.48 Å². The minimum Gasteiger partial charge on any atom is -0.357 e. The van der Waals surface area contributed by atoms with Crippen molar-refractivity contribution in [2.45, 2.75) is 84.2 Å². The maximum absolute atomic E-state index is 13.0. The summed E-state index contributed by atoms with van der Waals surface area (Å²) in [4.78, 5) is 25.1. The lowest BCUT2D eigenvalue weighted by Gasteiger charge is -2.41. The first-order chi connectivity index (χ1) is 20.4. The van der Waals surface area contributed by atoms with E-state index >= 15 is 0 Å². The molecule has 4 aromatic heterocycles. The average molecular weight is 566 g/mol. The molecule has 1 saturated carbocycles. The van der Waals surface area contributed by atoms with Gasteiger partial charge < -0.3 is 10.2 Å². The molecule has 1 amide bonds. The van der Waals surface area contributed by atoms with Crippen molar-refractivity contribution in [2.24, 2.45) is 5.41 Å². The Morgan fingerprint density at radius 3 is 2.52 bits per heavy atom. The molecular formula is C32H39N9O. The molecule has 5 heterocycles. The molecule has 10 nitrogen and oxygen atoms in total. The molecule has 0 bridgehead atoms. The summed E-state index contributed by atoms with van der Waals surface area (Å²) < 4.78 is 3.82. The third kappa shape index (κ3) is 5.24. The monoisotopic (exact) mass is 565 g/mol. The van der Waals surface area contributed by atoms with Crippen LogP contribution in [0.4, 0.5) is 5.82 Å². The van der Waals surface area contributed by atoms with Gasteiger partial charge in [-0.1, -0.05) is 26.2 Å². The van der Waals surface area contributed by atoms with Crippen molar-refractivity contribution in [3.05, 3.63) is 48.7 Å². The highest BCUT2D eigenvalue weighted by Crippen LogP contribution is 2.37. The molecule has 2 aliphatic rings. The standard InChI is InChI=1S/C32H39N9O/c1-4-32(31(42)37-22(2)3)12-14-39(15-13-32)28-11-10-23(17-34-28)29-30-24(16-33)18-36-41(30)21-27(38-29)25-19-35-40(20-25)26-8-6-5-7-9-26/h10-11,17-22,26H,4-9,12-15H2,1-3H3,(H,37,42). The molecule has 0 aromatic carbocycles. The summed E-state index contributed by atoms with van der Waals surface area (Å²) in [6, 6.07) is 6.86. The molecule has 10 heteroatoms. The summed E-state index contributed by atoms with van der Waals surface area (Å²) in [6.07, 6.45) is 17.7. The number of nitrogens with one attached hydrogen (secondary N) is 1. The minimum absolute atomic E-state index is 0.136. The van der Waals surface area contributed by atoms with Gasteiger partial charge in [-0.2, -0.15) is 15.5 Å². The fourth-order valence-corrected chi connectivity index (χ4v) is 6.49. The van der Waals surface area contributed by atoms with E-state index in [0.717, 1.165) is 67.8 Å². The number of anilines is 1. The Balaban J connectivity index is 1.27. The number of fused-ring (bicyclic) bond motifs is 1. The Kier molecular flexibility index (Phi) is 7.67. The number of carbonyl (C=O) groups is 1. The summed E-state index contributed by atoms with van der Waals surface area (Å²) in [6.45, 7) is 7.67. The van der Waals surface area contributed by atoms with Crippen molar-refractivity contribution in [3.8, 4) is 28.6 Å². The van der Waals surface area contributed by atoms with Gasteiger partial charge in [0.05, 0.1) is 41.4 Å². The first kappa shape index (κ1) is 27.9. The average Bonchev–Trinajstić information content (AvgIpc) is 3.69. The SMILES string of the molecule is CCC1(C(=O)NC(C)C)CCN(c2ccc(-c3nc(-c4cnn(C5CCCCC5)c4)cn4ncc(C#N)c34)cn2)CC1. The number of piperidine rings is 1. The van der Waals surface area contributed by atoms with Gasteiger partial charge >= 0.3 is 0 Å². The van der Waals surface area contributed by atoms with Crippen molar-refractivity contribution in [3.63, 3.8) is 0 Å². The van der Waals surface area contributed by atoms with Crippen LogP contribution in [0.1, 0.15) is 83.7 Å². The highest BCUT2D eigenvalue weighted by atomic mass is 16.2. The first-order valence-electron chi connectivity index (χ1n) is 15.3. The van der Waals surface area contributed by atoms with Gasteiger partial charge in [0.1, 0.15) is 23.0 Å². The molecule has 6 rings (SSSR count). The molecule has 42 heavy (non-hydrogen) atoms. The van der Waals surface area contributed by atoms with Gasteiger partial charge in [0, 0.05) is 42.7 Å². The lowest BCUT2D eigenvalue weighted by Crippen LogP contribution is -2.50. The van der Waals surface area contributed by atoms with Crippen LogP contribution in [0.25, 0.3) is 28.0 Å². The van der Waals surface area contributed by atoms with E-state index in [2.05, 4.69) is 44.3 Å². The van der Waals surface area contributed by atoms with Gasteiger partial charge in [0.15, 0.2) is 0 Å². The molecule has 218 valence electrons. The smallest absolute Gasteiger partial charge is 0.226 e. The number of hydrogen-bond acceptors (Lipinski definition) is 7. The molecule has 0 unspecified atom stereocenters. The number of amides is 1. The number of nitriles is 1. The van der Waals surface area contributed by atoms with Crippen LogP contribution >= 0.6 is 0 Å². The van der Waals surface area contributed by atoms with E-state index in [0.29, 0.717) is 22.8 Å². The molecule has 0 atom stereocenters.